The van der Waals surface area contributed by atoms with Crippen LogP contribution in [0.4, 0.5) is 5.69 Å². The molecule has 4 amide bonds. The summed E-state index contributed by atoms with van der Waals surface area (Å²) in [4.78, 5) is 54.1. The van der Waals surface area contributed by atoms with E-state index in [2.05, 4.69) is 38.5 Å². The van der Waals surface area contributed by atoms with Crippen LogP contribution >= 0.6 is 61.7 Å². The van der Waals surface area contributed by atoms with Gasteiger partial charge in [-0.1, -0.05) is 57.9 Å². The number of aromatic hydroxyl groups is 1. The van der Waals surface area contributed by atoms with Crippen molar-refractivity contribution in [2.24, 2.45) is 17.8 Å². The van der Waals surface area contributed by atoms with Gasteiger partial charge in [0.1, 0.15) is 5.75 Å². The van der Waals surface area contributed by atoms with Crippen molar-refractivity contribution in [2.75, 3.05) is 10.4 Å². The fraction of sp³-hybridized carbons (Fsp3) is 0.290. The van der Waals surface area contributed by atoms with Crippen molar-refractivity contribution in [3.63, 3.8) is 0 Å². The van der Waals surface area contributed by atoms with Crippen molar-refractivity contribution in [3.05, 3.63) is 81.4 Å². The van der Waals surface area contributed by atoms with E-state index in [1.165, 1.54) is 11.0 Å². The highest BCUT2D eigenvalue weighted by atomic mass is 127. The zero-order valence-electron chi connectivity index (χ0n) is 21.8. The minimum Gasteiger partial charge on any atom is -0.508 e. The van der Waals surface area contributed by atoms with E-state index < -0.39 is 45.2 Å². The number of fused-ring (bicyclic) bond motifs is 5. The van der Waals surface area contributed by atoms with E-state index in [0.29, 0.717) is 22.2 Å². The summed E-state index contributed by atoms with van der Waals surface area (Å²) in [7, 11) is 0. The quantitative estimate of drug-likeness (QED) is 0.115. The Labute approximate surface area is 273 Å². The van der Waals surface area contributed by atoms with Crippen LogP contribution in [0.1, 0.15) is 24.3 Å². The molecule has 2 heterocycles. The van der Waals surface area contributed by atoms with Crippen LogP contribution in [-0.4, -0.2) is 48.8 Å². The molecular weight excluding hydrogens is 758 g/mol. The number of hydrogen-bond acceptors (Lipinski definition) is 5. The van der Waals surface area contributed by atoms with Gasteiger partial charge in [0.25, 0.3) is 11.8 Å². The monoisotopic (exact) mass is 778 g/mol. The number of allylic oxidation sites excluding steroid dienone is 2. The molecule has 3 fully saturated rings. The van der Waals surface area contributed by atoms with E-state index in [1.54, 1.807) is 18.2 Å². The van der Waals surface area contributed by atoms with Crippen LogP contribution in [-0.2, 0) is 19.2 Å². The summed E-state index contributed by atoms with van der Waals surface area (Å²) in [5, 5.41) is 12.8. The van der Waals surface area contributed by atoms with Crippen LogP contribution in [0.15, 0.2) is 72.3 Å². The number of imide groups is 2. The maximum Gasteiger partial charge on any atom is 0.254 e. The first-order valence-corrected chi connectivity index (χ1v) is 16.3. The van der Waals surface area contributed by atoms with Crippen LogP contribution in [0.2, 0.25) is 0 Å². The zero-order chi connectivity index (χ0) is 29.7. The fourth-order valence-corrected chi connectivity index (χ4v) is 9.27. The highest BCUT2D eigenvalue weighted by molar-refractivity contribution is 14.1. The summed E-state index contributed by atoms with van der Waals surface area (Å²) in [6, 6.07) is 17.8. The number of rotatable bonds is 3. The van der Waals surface area contributed by atoms with E-state index in [0.717, 1.165) is 13.9 Å². The first-order valence-electron chi connectivity index (χ1n) is 13.4. The largest absolute Gasteiger partial charge is 0.508 e. The highest BCUT2D eigenvalue weighted by Crippen LogP contribution is 2.66. The number of nitrogens with zero attached hydrogens (tertiary/aromatic N) is 2. The molecule has 3 aromatic carbocycles. The van der Waals surface area contributed by atoms with E-state index in [1.807, 2.05) is 42.5 Å². The zero-order valence-corrected chi connectivity index (χ0v) is 27.0. The van der Waals surface area contributed by atoms with Gasteiger partial charge in [0.05, 0.1) is 23.0 Å². The van der Waals surface area contributed by atoms with Gasteiger partial charge in [0.15, 0.2) is 9.75 Å². The van der Waals surface area contributed by atoms with Gasteiger partial charge in [-0.2, -0.15) is 0 Å². The summed E-state index contributed by atoms with van der Waals surface area (Å²) >= 11 is 20.1. The van der Waals surface area contributed by atoms with Gasteiger partial charge in [0.2, 0.25) is 11.8 Å². The van der Waals surface area contributed by atoms with Crippen molar-refractivity contribution >= 4 is 102 Å². The fourth-order valence-electron chi connectivity index (χ4n) is 7.50. The van der Waals surface area contributed by atoms with Gasteiger partial charge in [-0.05, 0) is 82.5 Å². The smallest absolute Gasteiger partial charge is 0.254 e. The van der Waals surface area contributed by atoms with E-state index >= 15 is 0 Å². The summed E-state index contributed by atoms with van der Waals surface area (Å²) in [5.74, 6) is -5.32. The molecule has 1 saturated carbocycles. The SMILES string of the molecule is O=C1[C@H]2[C@H](CC=C3[C@H]2C[C@@]2(Cl)C(=O)N(CBr)C(=O)[C@@]2(Cl)[C@H]3c2c(O)ccc3ccccc23)C(=O)N1c1ccc(I)cc1. The first kappa shape index (κ1) is 28.3. The third-order valence-corrected chi connectivity index (χ3v) is 12.0. The Hall–Kier alpha value is -2.47. The van der Waals surface area contributed by atoms with Crippen molar-refractivity contribution < 1.29 is 24.3 Å². The molecule has 214 valence electrons. The first-order chi connectivity index (χ1) is 20.0. The van der Waals surface area contributed by atoms with E-state index in [4.69, 9.17) is 23.2 Å². The van der Waals surface area contributed by atoms with Crippen LogP contribution in [0.25, 0.3) is 10.8 Å². The predicted molar refractivity (Wildman–Crippen MR) is 171 cm³/mol. The Bertz CT molecular complexity index is 1770. The third-order valence-electron chi connectivity index (χ3n) is 9.34. The number of benzene rings is 3. The lowest BCUT2D eigenvalue weighted by Gasteiger charge is -2.51. The second kappa shape index (κ2) is 9.77. The molecule has 0 radical (unpaired) electrons. The van der Waals surface area contributed by atoms with Crippen LogP contribution < -0.4 is 4.90 Å². The molecule has 2 aliphatic heterocycles. The number of carbonyl (C=O) groups is 4. The standard InChI is InChI=1S/C31H22BrCl2IN2O5/c32-14-36-28(41)30(33)13-21-19(10-11-20-23(21)27(40)37(26(20)39)17-8-6-16(35)7-9-17)25(31(30,34)29(36)42)24-18-4-2-1-3-15(18)5-12-22(24)38/h1-10,12,20-21,23,25,38H,11,13-14H2/t20-,21+,23-,25+,30+,31-/m0/s1. The number of hydrogen-bond donors (Lipinski definition) is 1. The highest BCUT2D eigenvalue weighted by Gasteiger charge is 2.76. The van der Waals surface area contributed by atoms with Crippen LogP contribution in [0.3, 0.4) is 0 Å². The number of halogens is 4. The number of carbonyl (C=O) groups excluding carboxylic acids is 4. The molecule has 0 spiro atoms. The predicted octanol–water partition coefficient (Wildman–Crippen LogP) is 6.07. The number of amides is 4. The Balaban J connectivity index is 1.45. The molecule has 1 N–H and O–H groups in total. The molecule has 42 heavy (non-hydrogen) atoms. The molecule has 2 aliphatic carbocycles. The van der Waals surface area contributed by atoms with Crippen molar-refractivity contribution in [3.8, 4) is 5.75 Å². The Kier molecular flexibility index (Phi) is 6.59. The number of likely N-dealkylation sites (tertiary alicyclic amines) is 1. The van der Waals surface area contributed by atoms with Gasteiger partial charge < -0.3 is 5.11 Å². The van der Waals surface area contributed by atoms with Crippen LogP contribution in [0, 0.1) is 21.3 Å². The Morgan fingerprint density at radius 1 is 0.929 bits per heavy atom. The third kappa shape index (κ3) is 3.56. The molecule has 3 aromatic rings. The summed E-state index contributed by atoms with van der Waals surface area (Å²) in [5.41, 5.74) is 1.37. The molecule has 2 saturated heterocycles. The van der Waals surface area contributed by atoms with Gasteiger partial charge in [-0.3, -0.25) is 29.0 Å². The van der Waals surface area contributed by atoms with Gasteiger partial charge in [0, 0.05) is 15.1 Å². The number of anilines is 1. The van der Waals surface area contributed by atoms with Crippen LogP contribution in [0.5, 0.6) is 5.75 Å². The normalized spacial score (nSPS) is 32.2. The lowest BCUT2D eigenvalue weighted by Crippen LogP contribution is -2.60. The molecule has 7 nitrogen and oxygen atoms in total. The van der Waals surface area contributed by atoms with Crippen molar-refractivity contribution in [1.82, 2.24) is 4.90 Å². The average molecular weight is 780 g/mol. The topological polar surface area (TPSA) is 95.0 Å². The molecule has 0 unspecified atom stereocenters. The molecule has 6 atom stereocenters. The summed E-state index contributed by atoms with van der Waals surface area (Å²) in [6.45, 7) is 0. The second-order valence-electron chi connectivity index (χ2n) is 11.2. The Morgan fingerprint density at radius 3 is 2.36 bits per heavy atom. The molecule has 7 rings (SSSR count). The molecular formula is C31H22BrCl2IN2O5. The van der Waals surface area contributed by atoms with Gasteiger partial charge in [-0.25, -0.2) is 0 Å². The lowest BCUT2D eigenvalue weighted by molar-refractivity contribution is -0.138. The van der Waals surface area contributed by atoms with E-state index in [-0.39, 0.29) is 35.9 Å². The molecule has 0 aromatic heterocycles. The second-order valence-corrected chi connectivity index (χ2v) is 14.2. The van der Waals surface area contributed by atoms with Gasteiger partial charge >= 0.3 is 0 Å². The van der Waals surface area contributed by atoms with Gasteiger partial charge in [-0.15, -0.1) is 23.2 Å². The Morgan fingerprint density at radius 2 is 1.64 bits per heavy atom. The number of alkyl halides is 3. The minimum atomic E-state index is -1.99. The van der Waals surface area contributed by atoms with Crippen molar-refractivity contribution in [2.45, 2.75) is 28.5 Å². The maximum absolute atomic E-state index is 14.1. The summed E-state index contributed by atoms with van der Waals surface area (Å²) < 4.78 is 0.963. The summed E-state index contributed by atoms with van der Waals surface area (Å²) in [6.07, 6.45) is 2.01. The molecule has 0 bridgehead atoms. The average Bonchev–Trinajstić information content (AvgIpc) is 3.32. The van der Waals surface area contributed by atoms with Crippen molar-refractivity contribution in [1.29, 1.82) is 0 Å². The number of phenolic OH excluding ortho intramolecular Hbond substituents is 1. The lowest BCUT2D eigenvalue weighted by atomic mass is 9.56. The van der Waals surface area contributed by atoms with E-state index in [9.17, 15) is 24.3 Å². The minimum absolute atomic E-state index is 0.103. The molecule has 4 aliphatic rings. The maximum atomic E-state index is 14.1. The number of phenols is 1. The molecule has 11 heteroatoms.